The number of aryl methyl sites for hydroxylation is 1. The number of ether oxygens (including phenoxy) is 1. The van der Waals surface area contributed by atoms with Crippen LogP contribution in [0.25, 0.3) is 0 Å². The van der Waals surface area contributed by atoms with E-state index in [2.05, 4.69) is 14.9 Å². The summed E-state index contributed by atoms with van der Waals surface area (Å²) in [5.41, 5.74) is 3.11. The van der Waals surface area contributed by atoms with Gasteiger partial charge >= 0.3 is 12.0 Å². The van der Waals surface area contributed by atoms with Crippen LogP contribution >= 0.6 is 11.5 Å². The molecular formula is C16H16N4O3S. The molecule has 0 aliphatic carbocycles. The van der Waals surface area contributed by atoms with Gasteiger partial charge in [-0.1, -0.05) is 22.2 Å². The number of urea groups is 1. The van der Waals surface area contributed by atoms with Gasteiger partial charge in [0.15, 0.2) is 0 Å². The molecule has 0 spiro atoms. The summed E-state index contributed by atoms with van der Waals surface area (Å²) in [6, 6.07) is 6.47. The number of methoxy groups -OCH3 is 1. The average molecular weight is 344 g/mol. The Labute approximate surface area is 143 Å². The summed E-state index contributed by atoms with van der Waals surface area (Å²) >= 11 is 1.16. The molecule has 0 fully saturated rings. The minimum absolute atomic E-state index is 0.331. The van der Waals surface area contributed by atoms with Gasteiger partial charge in [0, 0.05) is 11.1 Å². The van der Waals surface area contributed by atoms with Gasteiger partial charge in [-0.05, 0) is 37.5 Å². The Balaban J connectivity index is 2.12. The molecule has 2 aromatic rings. The van der Waals surface area contributed by atoms with Crippen molar-refractivity contribution in [2.45, 2.75) is 19.9 Å². The first-order valence-corrected chi connectivity index (χ1v) is 8.10. The third kappa shape index (κ3) is 2.76. The van der Waals surface area contributed by atoms with Crippen LogP contribution in [0.5, 0.6) is 0 Å². The summed E-state index contributed by atoms with van der Waals surface area (Å²) in [7, 11) is 1.31. The zero-order chi connectivity index (χ0) is 17.3. The number of nitrogens with zero attached hydrogens (tertiary/aromatic N) is 3. The van der Waals surface area contributed by atoms with Crippen LogP contribution < -0.4 is 10.2 Å². The second-order valence-electron chi connectivity index (χ2n) is 5.37. The number of hydrogen-bond donors (Lipinski definition) is 1. The first-order chi connectivity index (χ1) is 11.5. The smallest absolute Gasteiger partial charge is 0.338 e. The predicted octanol–water partition coefficient (Wildman–Crippen LogP) is 2.56. The number of anilines is 1. The SMILES string of the molecule is COC(=O)C1=C(C)N(c2ccc(C)cc2)C(=O)N[C@@H]1c1csnn1. The van der Waals surface area contributed by atoms with E-state index in [0.717, 1.165) is 17.1 Å². The Morgan fingerprint density at radius 2 is 2.00 bits per heavy atom. The number of esters is 1. The Morgan fingerprint density at radius 1 is 1.29 bits per heavy atom. The maximum Gasteiger partial charge on any atom is 0.338 e. The van der Waals surface area contributed by atoms with Crippen molar-refractivity contribution in [1.29, 1.82) is 0 Å². The fourth-order valence-electron chi connectivity index (χ4n) is 2.64. The Morgan fingerprint density at radius 3 is 2.58 bits per heavy atom. The van der Waals surface area contributed by atoms with Gasteiger partial charge in [-0.15, -0.1) is 5.10 Å². The predicted molar refractivity (Wildman–Crippen MR) is 89.6 cm³/mol. The van der Waals surface area contributed by atoms with Crippen LogP contribution in [0.4, 0.5) is 10.5 Å². The molecule has 1 aliphatic heterocycles. The standard InChI is InChI=1S/C16H16N4O3S/c1-9-4-6-11(7-5-9)20-10(2)13(15(21)23-3)14(17-16(20)22)12-8-24-19-18-12/h4-8,14H,1-3H3,(H,17,22)/t14-/m1/s1. The van der Waals surface area contributed by atoms with Crippen LogP contribution in [0, 0.1) is 6.92 Å². The van der Waals surface area contributed by atoms with Gasteiger partial charge in [0.1, 0.15) is 11.7 Å². The number of carbonyl (C=O) groups is 2. The van der Waals surface area contributed by atoms with E-state index in [1.54, 1.807) is 12.3 Å². The number of hydrogen-bond acceptors (Lipinski definition) is 6. The van der Waals surface area contributed by atoms with Gasteiger partial charge in [-0.25, -0.2) is 9.59 Å². The lowest BCUT2D eigenvalue weighted by molar-refractivity contribution is -0.136. The van der Waals surface area contributed by atoms with Gasteiger partial charge in [-0.2, -0.15) is 0 Å². The van der Waals surface area contributed by atoms with Gasteiger partial charge in [0.2, 0.25) is 0 Å². The lowest BCUT2D eigenvalue weighted by Gasteiger charge is -2.34. The lowest BCUT2D eigenvalue weighted by atomic mass is 9.99. The van der Waals surface area contributed by atoms with Crippen LogP contribution in [-0.4, -0.2) is 28.7 Å². The molecule has 1 aromatic carbocycles. The molecule has 0 bridgehead atoms. The molecule has 124 valence electrons. The van der Waals surface area contributed by atoms with E-state index in [4.69, 9.17) is 4.74 Å². The first kappa shape index (κ1) is 16.1. The minimum atomic E-state index is -0.676. The number of benzene rings is 1. The zero-order valence-electron chi connectivity index (χ0n) is 13.4. The van der Waals surface area contributed by atoms with Crippen LogP contribution in [0.15, 0.2) is 40.9 Å². The number of amides is 2. The van der Waals surface area contributed by atoms with Crippen molar-refractivity contribution in [3.05, 3.63) is 52.2 Å². The monoisotopic (exact) mass is 344 g/mol. The molecule has 0 saturated heterocycles. The van der Waals surface area contributed by atoms with Crippen molar-refractivity contribution in [2.75, 3.05) is 12.0 Å². The van der Waals surface area contributed by atoms with Gasteiger partial charge < -0.3 is 10.1 Å². The highest BCUT2D eigenvalue weighted by molar-refractivity contribution is 7.03. The Hall–Kier alpha value is -2.74. The molecule has 1 atom stereocenters. The molecule has 1 N–H and O–H groups in total. The molecule has 8 heteroatoms. The maximum atomic E-state index is 12.6. The topological polar surface area (TPSA) is 84.4 Å². The van der Waals surface area contributed by atoms with E-state index in [-0.39, 0.29) is 6.03 Å². The number of aromatic nitrogens is 2. The van der Waals surface area contributed by atoms with Crippen LogP contribution in [0.1, 0.15) is 24.2 Å². The lowest BCUT2D eigenvalue weighted by Crippen LogP contribution is -2.48. The van der Waals surface area contributed by atoms with Crippen molar-refractivity contribution in [3.63, 3.8) is 0 Å². The number of carbonyl (C=O) groups excluding carboxylic acids is 2. The molecule has 1 aromatic heterocycles. The molecule has 1 aliphatic rings. The van der Waals surface area contributed by atoms with E-state index < -0.39 is 12.0 Å². The summed E-state index contributed by atoms with van der Waals surface area (Å²) < 4.78 is 8.71. The van der Waals surface area contributed by atoms with E-state index in [1.165, 1.54) is 12.0 Å². The largest absolute Gasteiger partial charge is 0.466 e. The van der Waals surface area contributed by atoms with Crippen molar-refractivity contribution in [2.24, 2.45) is 0 Å². The molecule has 2 heterocycles. The van der Waals surface area contributed by atoms with E-state index in [0.29, 0.717) is 22.7 Å². The molecule has 0 unspecified atom stereocenters. The Bertz CT molecular complexity index is 799. The average Bonchev–Trinajstić information content (AvgIpc) is 3.10. The fourth-order valence-corrected chi connectivity index (χ4v) is 3.12. The molecule has 2 amide bonds. The summed E-state index contributed by atoms with van der Waals surface area (Å²) in [6.07, 6.45) is 0. The van der Waals surface area contributed by atoms with Gasteiger partial charge in [0.05, 0.1) is 18.4 Å². The second-order valence-corrected chi connectivity index (χ2v) is 5.98. The van der Waals surface area contributed by atoms with Crippen molar-refractivity contribution < 1.29 is 14.3 Å². The normalized spacial score (nSPS) is 17.7. The summed E-state index contributed by atoms with van der Waals surface area (Å²) in [6.45, 7) is 3.69. The molecule has 0 radical (unpaired) electrons. The fraction of sp³-hybridized carbons (Fsp3) is 0.250. The summed E-state index contributed by atoms with van der Waals surface area (Å²) in [4.78, 5) is 26.4. The van der Waals surface area contributed by atoms with E-state index in [1.807, 2.05) is 31.2 Å². The first-order valence-electron chi connectivity index (χ1n) is 7.26. The number of nitrogens with one attached hydrogen (secondary N) is 1. The number of allylic oxidation sites excluding steroid dienone is 1. The third-order valence-corrected chi connectivity index (χ3v) is 4.38. The van der Waals surface area contributed by atoms with Gasteiger partial charge in [-0.3, -0.25) is 4.90 Å². The van der Waals surface area contributed by atoms with Crippen molar-refractivity contribution in [3.8, 4) is 0 Å². The van der Waals surface area contributed by atoms with Crippen molar-refractivity contribution >= 4 is 29.2 Å². The van der Waals surface area contributed by atoms with Gasteiger partial charge in [0.25, 0.3) is 0 Å². The van der Waals surface area contributed by atoms with Crippen LogP contribution in [0.3, 0.4) is 0 Å². The molecule has 24 heavy (non-hydrogen) atoms. The molecule has 3 rings (SSSR count). The highest BCUT2D eigenvalue weighted by Gasteiger charge is 2.38. The van der Waals surface area contributed by atoms with Crippen molar-refractivity contribution in [1.82, 2.24) is 14.9 Å². The number of rotatable bonds is 3. The molecule has 7 nitrogen and oxygen atoms in total. The summed E-state index contributed by atoms with van der Waals surface area (Å²) in [5.74, 6) is -0.511. The highest BCUT2D eigenvalue weighted by atomic mass is 32.1. The summed E-state index contributed by atoms with van der Waals surface area (Å²) in [5, 5.41) is 8.49. The maximum absolute atomic E-state index is 12.6. The highest BCUT2D eigenvalue weighted by Crippen LogP contribution is 2.33. The van der Waals surface area contributed by atoms with Crippen LogP contribution in [0.2, 0.25) is 0 Å². The van der Waals surface area contributed by atoms with E-state index >= 15 is 0 Å². The quantitative estimate of drug-likeness (QED) is 0.865. The second kappa shape index (κ2) is 6.40. The molecular weight excluding hydrogens is 328 g/mol. The zero-order valence-corrected chi connectivity index (χ0v) is 14.3. The van der Waals surface area contributed by atoms with E-state index in [9.17, 15) is 9.59 Å². The Kier molecular flexibility index (Phi) is 4.30. The minimum Gasteiger partial charge on any atom is -0.466 e. The van der Waals surface area contributed by atoms with Crippen LogP contribution in [-0.2, 0) is 9.53 Å². The molecule has 0 saturated carbocycles. The third-order valence-electron chi connectivity index (χ3n) is 3.85.